The standard InChI is InChI=1S/C20H29NO6S/c1-20(2,3)18-11-17(8-9-21(18)19(22)23)27-16-6-4-14(5-7-16)10-15-12-25-28(24)26-13-15/h4-7,15,17-18H,8-13H2,1-3H3,(H,22,23)/t15?,17-,18+,28?/m1/s1. The first-order valence-corrected chi connectivity index (χ1v) is 10.7. The predicted octanol–water partition coefficient (Wildman–Crippen LogP) is 3.41. The van der Waals surface area contributed by atoms with Crippen LogP contribution in [-0.4, -0.2) is 52.2 Å². The lowest BCUT2D eigenvalue weighted by molar-refractivity contribution is 0.0130. The van der Waals surface area contributed by atoms with Crippen LogP contribution in [0.1, 0.15) is 39.2 Å². The van der Waals surface area contributed by atoms with Crippen LogP contribution in [0.4, 0.5) is 4.79 Å². The second-order valence-corrected chi connectivity index (χ2v) is 9.49. The summed E-state index contributed by atoms with van der Waals surface area (Å²) >= 11 is -1.60. The third kappa shape index (κ3) is 5.46. The largest absolute Gasteiger partial charge is 0.490 e. The molecule has 0 spiro atoms. The van der Waals surface area contributed by atoms with E-state index in [0.717, 1.165) is 17.7 Å². The van der Waals surface area contributed by atoms with E-state index >= 15 is 0 Å². The molecular formula is C20H29NO6S. The molecule has 0 unspecified atom stereocenters. The monoisotopic (exact) mass is 411 g/mol. The third-order valence-corrected chi connectivity index (χ3v) is 6.01. The Hall–Kier alpha value is -1.64. The molecule has 7 nitrogen and oxygen atoms in total. The van der Waals surface area contributed by atoms with Crippen LogP contribution in [-0.2, 0) is 26.1 Å². The van der Waals surface area contributed by atoms with Crippen LogP contribution in [0.3, 0.4) is 0 Å². The van der Waals surface area contributed by atoms with Crippen molar-refractivity contribution in [3.8, 4) is 5.75 Å². The summed E-state index contributed by atoms with van der Waals surface area (Å²) in [6.45, 7) is 7.56. The van der Waals surface area contributed by atoms with Crippen LogP contribution in [0.2, 0.25) is 0 Å². The Morgan fingerprint density at radius 2 is 1.89 bits per heavy atom. The topological polar surface area (TPSA) is 85.3 Å². The van der Waals surface area contributed by atoms with Gasteiger partial charge in [0.2, 0.25) is 0 Å². The van der Waals surface area contributed by atoms with E-state index < -0.39 is 17.5 Å². The molecule has 2 atom stereocenters. The van der Waals surface area contributed by atoms with Crippen LogP contribution in [0.25, 0.3) is 0 Å². The van der Waals surface area contributed by atoms with E-state index in [1.165, 1.54) is 0 Å². The van der Waals surface area contributed by atoms with Gasteiger partial charge in [-0.2, -0.15) is 4.21 Å². The molecule has 8 heteroatoms. The van der Waals surface area contributed by atoms with E-state index in [4.69, 9.17) is 13.1 Å². The minimum atomic E-state index is -1.60. The first-order chi connectivity index (χ1) is 13.2. The number of benzene rings is 1. The number of hydrogen-bond acceptors (Lipinski definition) is 5. The van der Waals surface area contributed by atoms with Crippen molar-refractivity contribution >= 4 is 17.5 Å². The molecule has 2 saturated heterocycles. The highest BCUT2D eigenvalue weighted by Gasteiger charge is 2.39. The van der Waals surface area contributed by atoms with Crippen molar-refractivity contribution in [2.75, 3.05) is 19.8 Å². The Kier molecular flexibility index (Phi) is 6.62. The van der Waals surface area contributed by atoms with Crippen LogP contribution >= 0.6 is 0 Å². The molecule has 28 heavy (non-hydrogen) atoms. The molecule has 0 aromatic heterocycles. The summed E-state index contributed by atoms with van der Waals surface area (Å²) in [5, 5.41) is 9.48. The molecule has 1 N–H and O–H groups in total. The third-order valence-electron chi connectivity index (χ3n) is 5.35. The van der Waals surface area contributed by atoms with E-state index in [-0.39, 0.29) is 23.5 Å². The molecule has 1 aromatic rings. The van der Waals surface area contributed by atoms with Gasteiger partial charge in [0.1, 0.15) is 11.9 Å². The Labute approximate surface area is 168 Å². The number of carbonyl (C=O) groups is 1. The van der Waals surface area contributed by atoms with E-state index in [9.17, 15) is 14.1 Å². The fraction of sp³-hybridized carbons (Fsp3) is 0.650. The van der Waals surface area contributed by atoms with Crippen molar-refractivity contribution < 1.29 is 27.2 Å². The summed E-state index contributed by atoms with van der Waals surface area (Å²) in [6, 6.07) is 7.88. The molecule has 3 rings (SSSR count). The van der Waals surface area contributed by atoms with E-state index in [1.54, 1.807) is 4.90 Å². The maximum Gasteiger partial charge on any atom is 0.407 e. The van der Waals surface area contributed by atoms with E-state index in [2.05, 4.69) is 20.8 Å². The Balaban J connectivity index is 1.56. The lowest BCUT2D eigenvalue weighted by atomic mass is 9.80. The van der Waals surface area contributed by atoms with Gasteiger partial charge in [0, 0.05) is 31.3 Å². The Morgan fingerprint density at radius 3 is 2.46 bits per heavy atom. The molecule has 2 aliphatic rings. The predicted molar refractivity (Wildman–Crippen MR) is 105 cm³/mol. The van der Waals surface area contributed by atoms with Crippen LogP contribution in [0.5, 0.6) is 5.75 Å². The molecule has 1 aromatic carbocycles. The average Bonchev–Trinajstić information content (AvgIpc) is 2.64. The van der Waals surface area contributed by atoms with Gasteiger partial charge < -0.3 is 14.7 Å². The summed E-state index contributed by atoms with van der Waals surface area (Å²) in [4.78, 5) is 13.1. The molecule has 0 saturated carbocycles. The van der Waals surface area contributed by atoms with Gasteiger partial charge in [-0.3, -0.25) is 8.37 Å². The molecular weight excluding hydrogens is 382 g/mol. The second-order valence-electron chi connectivity index (χ2n) is 8.61. The van der Waals surface area contributed by atoms with E-state index in [1.807, 2.05) is 24.3 Å². The lowest BCUT2D eigenvalue weighted by Gasteiger charge is -2.44. The van der Waals surface area contributed by atoms with Gasteiger partial charge in [0.05, 0.1) is 13.2 Å². The number of piperidine rings is 1. The van der Waals surface area contributed by atoms with Crippen molar-refractivity contribution in [3.05, 3.63) is 29.8 Å². The molecule has 0 radical (unpaired) electrons. The van der Waals surface area contributed by atoms with Crippen molar-refractivity contribution in [2.24, 2.45) is 11.3 Å². The summed E-state index contributed by atoms with van der Waals surface area (Å²) in [5.74, 6) is 0.986. The maximum atomic E-state index is 11.5. The highest BCUT2D eigenvalue weighted by molar-refractivity contribution is 7.75. The number of rotatable bonds is 4. The highest BCUT2D eigenvalue weighted by atomic mass is 32.2. The van der Waals surface area contributed by atoms with Gasteiger partial charge in [-0.1, -0.05) is 32.9 Å². The van der Waals surface area contributed by atoms with Gasteiger partial charge in [-0.25, -0.2) is 4.79 Å². The van der Waals surface area contributed by atoms with Gasteiger partial charge in [0.15, 0.2) is 0 Å². The number of likely N-dealkylation sites (tertiary alicyclic amines) is 1. The van der Waals surface area contributed by atoms with Gasteiger partial charge in [-0.05, 0) is 29.5 Å². The highest BCUT2D eigenvalue weighted by Crippen LogP contribution is 2.33. The molecule has 1 amide bonds. The molecule has 156 valence electrons. The number of carboxylic acid groups (broad SMARTS) is 1. The zero-order chi connectivity index (χ0) is 20.3. The normalized spacial score (nSPS) is 28.8. The molecule has 0 aliphatic carbocycles. The maximum absolute atomic E-state index is 11.5. The van der Waals surface area contributed by atoms with Gasteiger partial charge >= 0.3 is 17.5 Å². The minimum absolute atomic E-state index is 0.000740. The van der Waals surface area contributed by atoms with Crippen molar-refractivity contribution in [2.45, 2.75) is 52.2 Å². The zero-order valence-corrected chi connectivity index (χ0v) is 17.4. The van der Waals surface area contributed by atoms with Crippen molar-refractivity contribution in [3.63, 3.8) is 0 Å². The van der Waals surface area contributed by atoms with E-state index in [0.29, 0.717) is 32.6 Å². The van der Waals surface area contributed by atoms with Gasteiger partial charge in [0.25, 0.3) is 0 Å². The molecule has 2 heterocycles. The van der Waals surface area contributed by atoms with Crippen LogP contribution in [0, 0.1) is 11.3 Å². The lowest BCUT2D eigenvalue weighted by Crippen LogP contribution is -2.53. The molecule has 0 bridgehead atoms. The second kappa shape index (κ2) is 8.80. The Morgan fingerprint density at radius 1 is 1.25 bits per heavy atom. The molecule has 2 fully saturated rings. The minimum Gasteiger partial charge on any atom is -0.490 e. The number of amides is 1. The Bertz CT molecular complexity index is 692. The first kappa shape index (κ1) is 21.1. The number of ether oxygens (including phenoxy) is 1. The fourth-order valence-electron chi connectivity index (χ4n) is 3.82. The number of nitrogens with zero attached hydrogens (tertiary/aromatic N) is 1. The first-order valence-electron chi connectivity index (χ1n) is 9.66. The summed E-state index contributed by atoms with van der Waals surface area (Å²) < 4.78 is 27.3. The quantitative estimate of drug-likeness (QED) is 0.817. The average molecular weight is 412 g/mol. The summed E-state index contributed by atoms with van der Waals surface area (Å²) in [6.07, 6.45) is 1.31. The number of hydrogen-bond donors (Lipinski definition) is 1. The van der Waals surface area contributed by atoms with Gasteiger partial charge in [-0.15, -0.1) is 0 Å². The van der Waals surface area contributed by atoms with Crippen molar-refractivity contribution in [1.82, 2.24) is 4.90 Å². The molecule has 2 aliphatic heterocycles. The fourth-order valence-corrected chi connectivity index (χ4v) is 4.50. The smallest absolute Gasteiger partial charge is 0.407 e. The zero-order valence-electron chi connectivity index (χ0n) is 16.6. The van der Waals surface area contributed by atoms with Crippen LogP contribution in [0.15, 0.2) is 24.3 Å². The van der Waals surface area contributed by atoms with Crippen LogP contribution < -0.4 is 4.74 Å². The van der Waals surface area contributed by atoms with Crippen molar-refractivity contribution in [1.29, 1.82) is 0 Å². The summed E-state index contributed by atoms with van der Waals surface area (Å²) in [5.41, 5.74) is 1.00. The SMILES string of the molecule is CC(C)(C)[C@@H]1C[C@H](Oc2ccc(CC3COS(=O)OC3)cc2)CCN1C(=O)O. The summed E-state index contributed by atoms with van der Waals surface area (Å²) in [7, 11) is 0.